The molecule has 2 N–H and O–H groups in total. The summed E-state index contributed by atoms with van der Waals surface area (Å²) in [4.78, 5) is 11.5. The number of ether oxygens (including phenoxy) is 1. The third-order valence-electron chi connectivity index (χ3n) is 3.78. The van der Waals surface area contributed by atoms with Gasteiger partial charge in [-0.25, -0.2) is 4.79 Å². The predicted octanol–water partition coefficient (Wildman–Crippen LogP) is 2.43. The third kappa shape index (κ3) is 4.16. The van der Waals surface area contributed by atoms with Crippen LogP contribution in [0.5, 0.6) is 0 Å². The SMILES string of the molecule is CC(C)(C)OC(=O)NC1CC(NCC2CCC2)C1. The van der Waals surface area contributed by atoms with Gasteiger partial charge in [0.1, 0.15) is 5.60 Å². The Morgan fingerprint density at radius 3 is 2.39 bits per heavy atom. The average molecular weight is 254 g/mol. The van der Waals surface area contributed by atoms with Gasteiger partial charge in [0.2, 0.25) is 0 Å². The third-order valence-corrected chi connectivity index (χ3v) is 3.78. The Kier molecular flexibility index (Phi) is 4.15. The Balaban J connectivity index is 1.53. The fraction of sp³-hybridized carbons (Fsp3) is 0.929. The lowest BCUT2D eigenvalue weighted by Crippen LogP contribution is -2.54. The molecule has 4 nitrogen and oxygen atoms in total. The second-order valence-corrected chi connectivity index (χ2v) is 6.72. The van der Waals surface area contributed by atoms with E-state index in [0.717, 1.165) is 25.3 Å². The number of hydrogen-bond donors (Lipinski definition) is 2. The fourth-order valence-electron chi connectivity index (χ4n) is 2.41. The molecule has 0 bridgehead atoms. The van der Waals surface area contributed by atoms with E-state index in [1.165, 1.54) is 19.3 Å². The van der Waals surface area contributed by atoms with Gasteiger partial charge in [-0.05, 0) is 58.9 Å². The molecule has 4 heteroatoms. The van der Waals surface area contributed by atoms with E-state index < -0.39 is 5.60 Å². The Hall–Kier alpha value is -0.770. The topological polar surface area (TPSA) is 50.4 Å². The number of carbonyl (C=O) groups is 1. The van der Waals surface area contributed by atoms with Crippen molar-refractivity contribution < 1.29 is 9.53 Å². The van der Waals surface area contributed by atoms with Gasteiger partial charge in [0.05, 0.1) is 0 Å². The van der Waals surface area contributed by atoms with E-state index in [0.29, 0.717) is 12.1 Å². The summed E-state index contributed by atoms with van der Waals surface area (Å²) in [6, 6.07) is 0.879. The highest BCUT2D eigenvalue weighted by atomic mass is 16.6. The first kappa shape index (κ1) is 13.7. The molecular formula is C14H26N2O2. The Bertz CT molecular complexity index is 289. The molecule has 18 heavy (non-hydrogen) atoms. The van der Waals surface area contributed by atoms with Gasteiger partial charge in [0.25, 0.3) is 0 Å². The number of carbonyl (C=O) groups excluding carboxylic acids is 1. The largest absolute Gasteiger partial charge is 0.444 e. The molecule has 0 aromatic carbocycles. The maximum absolute atomic E-state index is 11.5. The van der Waals surface area contributed by atoms with Crippen LogP contribution in [0.25, 0.3) is 0 Å². The van der Waals surface area contributed by atoms with Gasteiger partial charge in [0.15, 0.2) is 0 Å². The number of amides is 1. The van der Waals surface area contributed by atoms with E-state index >= 15 is 0 Å². The minimum Gasteiger partial charge on any atom is -0.444 e. The molecule has 2 aliphatic rings. The molecule has 0 saturated heterocycles. The van der Waals surface area contributed by atoms with Crippen LogP contribution in [0.2, 0.25) is 0 Å². The molecule has 2 aliphatic carbocycles. The van der Waals surface area contributed by atoms with Crippen LogP contribution < -0.4 is 10.6 Å². The maximum Gasteiger partial charge on any atom is 0.407 e. The molecular weight excluding hydrogens is 228 g/mol. The highest BCUT2D eigenvalue weighted by Crippen LogP contribution is 2.27. The normalized spacial score (nSPS) is 28.2. The van der Waals surface area contributed by atoms with E-state index in [1.807, 2.05) is 20.8 Å². The molecule has 0 unspecified atom stereocenters. The van der Waals surface area contributed by atoms with Crippen molar-refractivity contribution in [3.05, 3.63) is 0 Å². The lowest BCUT2D eigenvalue weighted by Gasteiger charge is -2.38. The summed E-state index contributed by atoms with van der Waals surface area (Å²) >= 11 is 0. The van der Waals surface area contributed by atoms with Crippen LogP contribution in [-0.2, 0) is 4.74 Å². The molecule has 0 aromatic heterocycles. The van der Waals surface area contributed by atoms with Gasteiger partial charge < -0.3 is 15.4 Å². The van der Waals surface area contributed by atoms with E-state index in [-0.39, 0.29) is 6.09 Å². The van der Waals surface area contributed by atoms with Gasteiger partial charge >= 0.3 is 6.09 Å². The Labute approximate surface area is 110 Å². The summed E-state index contributed by atoms with van der Waals surface area (Å²) in [5.41, 5.74) is -0.407. The number of hydrogen-bond acceptors (Lipinski definition) is 3. The van der Waals surface area contributed by atoms with E-state index in [2.05, 4.69) is 10.6 Å². The first-order valence-electron chi connectivity index (χ1n) is 7.15. The number of alkyl carbamates (subject to hydrolysis) is 1. The van der Waals surface area contributed by atoms with Crippen molar-refractivity contribution in [1.29, 1.82) is 0 Å². The Morgan fingerprint density at radius 2 is 1.89 bits per heavy atom. The Morgan fingerprint density at radius 1 is 1.22 bits per heavy atom. The molecule has 104 valence electrons. The van der Waals surface area contributed by atoms with Gasteiger partial charge in [-0.15, -0.1) is 0 Å². The quantitative estimate of drug-likeness (QED) is 0.810. The minimum atomic E-state index is -0.407. The molecule has 0 atom stereocenters. The van der Waals surface area contributed by atoms with Gasteiger partial charge in [-0.1, -0.05) is 6.42 Å². The zero-order chi connectivity index (χ0) is 13.2. The molecule has 0 aliphatic heterocycles. The van der Waals surface area contributed by atoms with Crippen molar-refractivity contribution in [1.82, 2.24) is 10.6 Å². The van der Waals surface area contributed by atoms with Gasteiger partial charge in [-0.2, -0.15) is 0 Å². The number of nitrogens with one attached hydrogen (secondary N) is 2. The molecule has 0 spiro atoms. The van der Waals surface area contributed by atoms with Crippen LogP contribution in [0, 0.1) is 5.92 Å². The molecule has 0 radical (unpaired) electrons. The number of rotatable bonds is 4. The van der Waals surface area contributed by atoms with Crippen LogP contribution in [0.15, 0.2) is 0 Å². The van der Waals surface area contributed by atoms with Crippen molar-refractivity contribution in [2.75, 3.05) is 6.54 Å². The predicted molar refractivity (Wildman–Crippen MR) is 71.5 cm³/mol. The van der Waals surface area contributed by atoms with Crippen molar-refractivity contribution in [2.45, 2.75) is 70.6 Å². The molecule has 1 amide bonds. The molecule has 2 rings (SSSR count). The zero-order valence-corrected chi connectivity index (χ0v) is 11.8. The molecule has 2 fully saturated rings. The smallest absolute Gasteiger partial charge is 0.407 e. The molecule has 2 saturated carbocycles. The molecule has 0 heterocycles. The second-order valence-electron chi connectivity index (χ2n) is 6.72. The van der Waals surface area contributed by atoms with Crippen molar-refractivity contribution >= 4 is 6.09 Å². The van der Waals surface area contributed by atoms with Crippen LogP contribution in [-0.4, -0.2) is 30.3 Å². The minimum absolute atomic E-state index is 0.287. The lowest BCUT2D eigenvalue weighted by molar-refractivity contribution is 0.0463. The van der Waals surface area contributed by atoms with Crippen LogP contribution >= 0.6 is 0 Å². The lowest BCUT2D eigenvalue weighted by atomic mass is 9.83. The zero-order valence-electron chi connectivity index (χ0n) is 11.8. The van der Waals surface area contributed by atoms with Crippen molar-refractivity contribution in [2.24, 2.45) is 5.92 Å². The summed E-state index contributed by atoms with van der Waals surface area (Å²) in [5.74, 6) is 0.905. The van der Waals surface area contributed by atoms with Crippen LogP contribution in [0.1, 0.15) is 52.9 Å². The van der Waals surface area contributed by atoms with Gasteiger partial charge in [-0.3, -0.25) is 0 Å². The molecule has 0 aromatic rings. The summed E-state index contributed by atoms with van der Waals surface area (Å²) < 4.78 is 5.23. The van der Waals surface area contributed by atoms with E-state index in [1.54, 1.807) is 0 Å². The van der Waals surface area contributed by atoms with Crippen LogP contribution in [0.3, 0.4) is 0 Å². The fourth-order valence-corrected chi connectivity index (χ4v) is 2.41. The summed E-state index contributed by atoms with van der Waals surface area (Å²) in [6.45, 7) is 6.81. The first-order valence-corrected chi connectivity index (χ1v) is 7.15. The highest BCUT2D eigenvalue weighted by Gasteiger charge is 2.32. The average Bonchev–Trinajstić information content (AvgIpc) is 2.07. The van der Waals surface area contributed by atoms with E-state index in [4.69, 9.17) is 4.74 Å². The van der Waals surface area contributed by atoms with Gasteiger partial charge in [0, 0.05) is 12.1 Å². The second kappa shape index (κ2) is 5.47. The van der Waals surface area contributed by atoms with Crippen molar-refractivity contribution in [3.8, 4) is 0 Å². The standard InChI is InChI=1S/C14H26N2O2/c1-14(2,3)18-13(17)16-12-7-11(8-12)15-9-10-5-4-6-10/h10-12,15H,4-9H2,1-3H3,(H,16,17). The highest BCUT2D eigenvalue weighted by molar-refractivity contribution is 5.68. The maximum atomic E-state index is 11.5. The van der Waals surface area contributed by atoms with E-state index in [9.17, 15) is 4.79 Å². The van der Waals surface area contributed by atoms with Crippen molar-refractivity contribution in [3.63, 3.8) is 0 Å². The first-order chi connectivity index (χ1) is 8.42. The van der Waals surface area contributed by atoms with Crippen LogP contribution in [0.4, 0.5) is 4.79 Å². The summed E-state index contributed by atoms with van der Waals surface area (Å²) in [6.07, 6.45) is 5.96. The summed E-state index contributed by atoms with van der Waals surface area (Å²) in [5, 5.41) is 6.50. The monoisotopic (exact) mass is 254 g/mol. The summed E-state index contributed by atoms with van der Waals surface area (Å²) in [7, 11) is 0.